The third-order valence-corrected chi connectivity index (χ3v) is 8.55. The SMILES string of the molecule is NC(=O)N[C@@H](CCCCNS(=O)(=O)c1ccccc1)C(=O)NC1CCc2ccccc2C1Cc1cccnc1. The van der Waals surface area contributed by atoms with Crippen molar-refractivity contribution in [2.24, 2.45) is 5.73 Å². The number of carbonyl (C=O) groups excluding carboxylic acids is 2. The van der Waals surface area contributed by atoms with E-state index in [9.17, 15) is 18.0 Å². The molecule has 39 heavy (non-hydrogen) atoms. The maximum Gasteiger partial charge on any atom is 0.312 e. The minimum Gasteiger partial charge on any atom is -0.352 e. The Labute approximate surface area is 229 Å². The van der Waals surface area contributed by atoms with Crippen LogP contribution in [-0.2, 0) is 27.7 Å². The topological polar surface area (TPSA) is 143 Å². The number of hydrogen-bond acceptors (Lipinski definition) is 5. The van der Waals surface area contributed by atoms with Crippen LogP contribution in [0.15, 0.2) is 84.0 Å². The zero-order valence-corrected chi connectivity index (χ0v) is 22.6. The van der Waals surface area contributed by atoms with Crippen molar-refractivity contribution in [2.45, 2.75) is 61.4 Å². The molecule has 206 valence electrons. The first kappa shape index (κ1) is 28.3. The lowest BCUT2D eigenvalue weighted by atomic mass is 9.76. The third-order valence-electron chi connectivity index (χ3n) is 7.07. The van der Waals surface area contributed by atoms with Crippen LogP contribution in [0.3, 0.4) is 0 Å². The summed E-state index contributed by atoms with van der Waals surface area (Å²) in [4.78, 5) is 29.5. The molecule has 5 N–H and O–H groups in total. The van der Waals surface area contributed by atoms with E-state index in [-0.39, 0.29) is 29.3 Å². The number of urea groups is 1. The largest absolute Gasteiger partial charge is 0.352 e. The maximum atomic E-state index is 13.4. The normalized spacial score (nSPS) is 17.5. The summed E-state index contributed by atoms with van der Waals surface area (Å²) in [6, 6.07) is 18.7. The number of hydrogen-bond donors (Lipinski definition) is 4. The highest BCUT2D eigenvalue weighted by Crippen LogP contribution is 2.34. The second kappa shape index (κ2) is 13.3. The molecule has 1 heterocycles. The Hall–Kier alpha value is -3.76. The molecule has 2 unspecified atom stereocenters. The molecule has 3 aromatic rings. The Bertz CT molecular complexity index is 1350. The number of amides is 3. The minimum absolute atomic E-state index is 0.0599. The molecule has 0 saturated carbocycles. The van der Waals surface area contributed by atoms with Gasteiger partial charge in [0.2, 0.25) is 15.9 Å². The molecule has 0 radical (unpaired) electrons. The van der Waals surface area contributed by atoms with Gasteiger partial charge in [-0.2, -0.15) is 0 Å². The molecule has 1 aliphatic rings. The van der Waals surface area contributed by atoms with Gasteiger partial charge in [-0.25, -0.2) is 17.9 Å². The number of primary amides is 1. The van der Waals surface area contributed by atoms with Crippen molar-refractivity contribution < 1.29 is 18.0 Å². The fraction of sp³-hybridized carbons (Fsp3) is 0.345. The van der Waals surface area contributed by atoms with Crippen molar-refractivity contribution in [3.8, 4) is 0 Å². The van der Waals surface area contributed by atoms with Crippen molar-refractivity contribution in [3.63, 3.8) is 0 Å². The molecule has 1 aliphatic carbocycles. The molecule has 2 aromatic carbocycles. The van der Waals surface area contributed by atoms with Gasteiger partial charge in [-0.1, -0.05) is 48.5 Å². The first-order valence-corrected chi connectivity index (χ1v) is 14.7. The van der Waals surface area contributed by atoms with Gasteiger partial charge in [0.1, 0.15) is 6.04 Å². The third kappa shape index (κ3) is 7.87. The van der Waals surface area contributed by atoms with Gasteiger partial charge < -0.3 is 16.4 Å². The Morgan fingerprint density at radius 2 is 1.77 bits per heavy atom. The lowest BCUT2D eigenvalue weighted by Gasteiger charge is -2.35. The van der Waals surface area contributed by atoms with E-state index in [1.54, 1.807) is 24.4 Å². The van der Waals surface area contributed by atoms with Crippen LogP contribution in [0.5, 0.6) is 0 Å². The highest BCUT2D eigenvalue weighted by molar-refractivity contribution is 7.89. The van der Waals surface area contributed by atoms with Gasteiger partial charge in [0.25, 0.3) is 0 Å². The number of sulfonamides is 1. The molecule has 0 saturated heterocycles. The number of nitrogens with two attached hydrogens (primary N) is 1. The van der Waals surface area contributed by atoms with Gasteiger partial charge >= 0.3 is 6.03 Å². The van der Waals surface area contributed by atoms with Crippen LogP contribution in [0.2, 0.25) is 0 Å². The molecule has 0 bridgehead atoms. The summed E-state index contributed by atoms with van der Waals surface area (Å²) in [5, 5.41) is 5.75. The van der Waals surface area contributed by atoms with Crippen molar-refractivity contribution in [2.75, 3.05) is 6.54 Å². The summed E-state index contributed by atoms with van der Waals surface area (Å²) in [6.07, 6.45) is 7.28. The predicted molar refractivity (Wildman–Crippen MR) is 149 cm³/mol. The lowest BCUT2D eigenvalue weighted by Crippen LogP contribution is -2.53. The van der Waals surface area contributed by atoms with E-state index in [0.29, 0.717) is 19.3 Å². The zero-order chi connectivity index (χ0) is 27.7. The average Bonchev–Trinajstić information content (AvgIpc) is 2.94. The maximum absolute atomic E-state index is 13.4. The van der Waals surface area contributed by atoms with Crippen LogP contribution >= 0.6 is 0 Å². The molecule has 3 amide bonds. The van der Waals surface area contributed by atoms with Crippen molar-refractivity contribution in [3.05, 3.63) is 95.8 Å². The summed E-state index contributed by atoms with van der Waals surface area (Å²) >= 11 is 0. The van der Waals surface area contributed by atoms with Crippen molar-refractivity contribution in [1.82, 2.24) is 20.3 Å². The first-order valence-electron chi connectivity index (χ1n) is 13.2. The van der Waals surface area contributed by atoms with Crippen LogP contribution in [-0.4, -0.2) is 44.0 Å². The summed E-state index contributed by atoms with van der Waals surface area (Å²) in [5.41, 5.74) is 8.96. The number of benzene rings is 2. The van der Waals surface area contributed by atoms with Crippen LogP contribution in [0.1, 0.15) is 48.3 Å². The van der Waals surface area contributed by atoms with E-state index in [1.165, 1.54) is 23.3 Å². The fourth-order valence-electron chi connectivity index (χ4n) is 5.14. The van der Waals surface area contributed by atoms with Gasteiger partial charge in [0.15, 0.2) is 0 Å². The molecule has 10 heteroatoms. The quantitative estimate of drug-likeness (QED) is 0.257. The molecule has 0 aliphatic heterocycles. The van der Waals surface area contributed by atoms with Crippen LogP contribution in [0, 0.1) is 0 Å². The second-order valence-electron chi connectivity index (χ2n) is 9.79. The fourth-order valence-corrected chi connectivity index (χ4v) is 6.23. The molecular formula is C29H35N5O4S. The van der Waals surface area contributed by atoms with Gasteiger partial charge in [0.05, 0.1) is 4.90 Å². The van der Waals surface area contributed by atoms with Gasteiger partial charge in [-0.05, 0) is 73.4 Å². The van der Waals surface area contributed by atoms with Gasteiger partial charge in [-0.15, -0.1) is 0 Å². The number of nitrogens with one attached hydrogen (secondary N) is 3. The number of fused-ring (bicyclic) bond motifs is 1. The number of carbonyl (C=O) groups is 2. The number of aromatic nitrogens is 1. The summed E-state index contributed by atoms with van der Waals surface area (Å²) in [5.74, 6) is -0.232. The predicted octanol–water partition coefficient (Wildman–Crippen LogP) is 3.02. The molecule has 0 fully saturated rings. The van der Waals surface area contributed by atoms with Crippen LogP contribution in [0.4, 0.5) is 4.79 Å². The molecule has 9 nitrogen and oxygen atoms in total. The zero-order valence-electron chi connectivity index (χ0n) is 21.8. The standard InChI is InChI=1S/C29H35N5O4S/c30-29(36)34-27(14-6-7-18-32-39(37,38)23-11-2-1-3-12-23)28(35)33-26-16-15-22-10-4-5-13-24(22)25(26)19-21-9-8-17-31-20-21/h1-5,8-13,17,20,25-27,32H,6-7,14-16,18-19H2,(H,33,35)(H3,30,34,36)/t25?,26?,27-/m0/s1. The van der Waals surface area contributed by atoms with E-state index in [1.807, 2.05) is 30.5 Å². The number of rotatable bonds is 12. The Kier molecular flexibility index (Phi) is 9.67. The molecular weight excluding hydrogens is 514 g/mol. The van der Waals surface area contributed by atoms with Crippen molar-refractivity contribution in [1.29, 1.82) is 0 Å². The number of aryl methyl sites for hydroxylation is 1. The van der Waals surface area contributed by atoms with Crippen LogP contribution in [0.25, 0.3) is 0 Å². The molecule has 3 atom stereocenters. The Balaban J connectivity index is 1.37. The van der Waals surface area contributed by atoms with Gasteiger partial charge in [0, 0.05) is 30.9 Å². The number of unbranched alkanes of at least 4 members (excludes halogenated alkanes) is 1. The lowest BCUT2D eigenvalue weighted by molar-refractivity contribution is -0.124. The highest BCUT2D eigenvalue weighted by Gasteiger charge is 2.32. The second-order valence-corrected chi connectivity index (χ2v) is 11.6. The van der Waals surface area contributed by atoms with E-state index in [0.717, 1.165) is 24.8 Å². The number of pyridine rings is 1. The van der Waals surface area contributed by atoms with E-state index < -0.39 is 22.1 Å². The summed E-state index contributed by atoms with van der Waals surface area (Å²) in [6.45, 7) is 0.217. The van der Waals surface area contributed by atoms with Crippen molar-refractivity contribution >= 4 is 22.0 Å². The van der Waals surface area contributed by atoms with E-state index in [2.05, 4.69) is 32.5 Å². The van der Waals surface area contributed by atoms with Gasteiger partial charge in [-0.3, -0.25) is 9.78 Å². The molecule has 0 spiro atoms. The highest BCUT2D eigenvalue weighted by atomic mass is 32.2. The average molecular weight is 550 g/mol. The Morgan fingerprint density at radius 3 is 2.51 bits per heavy atom. The Morgan fingerprint density at radius 1 is 1.00 bits per heavy atom. The first-order chi connectivity index (χ1) is 18.8. The summed E-state index contributed by atoms with van der Waals surface area (Å²) < 4.78 is 27.4. The number of nitrogens with zero attached hydrogens (tertiary/aromatic N) is 1. The molecule has 4 rings (SSSR count). The monoisotopic (exact) mass is 549 g/mol. The van der Waals surface area contributed by atoms with E-state index >= 15 is 0 Å². The smallest absolute Gasteiger partial charge is 0.312 e. The minimum atomic E-state index is -3.60. The molecule has 1 aromatic heterocycles. The van der Waals surface area contributed by atoms with Crippen LogP contribution < -0.4 is 21.1 Å². The summed E-state index contributed by atoms with van der Waals surface area (Å²) in [7, 11) is -3.60. The van der Waals surface area contributed by atoms with E-state index in [4.69, 9.17) is 5.73 Å².